The number of nitrogens with zero attached hydrogens (tertiary/aromatic N) is 1. The van der Waals surface area contributed by atoms with Crippen LogP contribution in [0.1, 0.15) is 12.8 Å². The average Bonchev–Trinajstić information content (AvgIpc) is 2.45. The van der Waals surface area contributed by atoms with Gasteiger partial charge in [-0.05, 0) is 24.3 Å². The van der Waals surface area contributed by atoms with Gasteiger partial charge in [-0.2, -0.15) is 0 Å². The smallest absolute Gasteiger partial charge is 0.232 e. The van der Waals surface area contributed by atoms with Crippen molar-refractivity contribution in [2.24, 2.45) is 0 Å². The van der Waals surface area contributed by atoms with E-state index in [1.54, 1.807) is 29.2 Å². The molecule has 0 atom stereocenters. The van der Waals surface area contributed by atoms with Crippen molar-refractivity contribution in [1.29, 1.82) is 0 Å². The largest absolute Gasteiger partial charge is 0.341 e. The Bertz CT molecular complexity index is 627. The van der Waals surface area contributed by atoms with E-state index in [2.05, 4.69) is 0 Å². The van der Waals surface area contributed by atoms with E-state index in [1.807, 2.05) is 0 Å². The van der Waals surface area contributed by atoms with Gasteiger partial charge in [0.1, 0.15) is 5.78 Å². The third-order valence-corrected chi connectivity index (χ3v) is 5.41. The van der Waals surface area contributed by atoms with Gasteiger partial charge in [-0.15, -0.1) is 11.8 Å². The first-order valence-corrected chi connectivity index (χ1v) is 9.46. The Morgan fingerprint density at radius 1 is 1.19 bits per heavy atom. The fourth-order valence-corrected chi connectivity index (χ4v) is 3.46. The van der Waals surface area contributed by atoms with Crippen LogP contribution in [0.25, 0.3) is 0 Å². The third-order valence-electron chi connectivity index (χ3n) is 3.29. The molecule has 0 N–H and O–H groups in total. The number of carbonyl (C=O) groups excluding carboxylic acids is 2. The maximum atomic E-state index is 12.0. The van der Waals surface area contributed by atoms with Gasteiger partial charge in [-0.1, -0.05) is 0 Å². The minimum absolute atomic E-state index is 0.0136. The molecule has 1 saturated heterocycles. The molecule has 1 aromatic rings. The molecular weight excluding hydrogens is 310 g/mol. The average molecular weight is 327 g/mol. The fourth-order valence-electron chi connectivity index (χ4n) is 2.02. The van der Waals surface area contributed by atoms with Crippen LogP contribution in [0.3, 0.4) is 0 Å². The number of hydrogen-bond donors (Lipinski definition) is 0. The quantitative estimate of drug-likeness (QED) is 0.781. The normalized spacial score (nSPS) is 16.0. The van der Waals surface area contributed by atoms with Crippen LogP contribution >= 0.6 is 11.8 Å². The maximum absolute atomic E-state index is 12.0. The molecule has 0 bridgehead atoms. The Hall–Kier alpha value is -1.34. The van der Waals surface area contributed by atoms with E-state index in [0.29, 0.717) is 31.7 Å². The van der Waals surface area contributed by atoms with Gasteiger partial charge in [0, 0.05) is 37.1 Å². The molecule has 1 aromatic carbocycles. The molecule has 1 heterocycles. The molecule has 2 rings (SSSR count). The summed E-state index contributed by atoms with van der Waals surface area (Å²) in [6, 6.07) is 6.49. The molecule has 0 radical (unpaired) electrons. The molecule has 1 amide bonds. The summed E-state index contributed by atoms with van der Waals surface area (Å²) < 4.78 is 22.7. The van der Waals surface area contributed by atoms with Gasteiger partial charge in [0.25, 0.3) is 0 Å². The number of benzene rings is 1. The number of piperidine rings is 1. The number of sulfone groups is 1. The van der Waals surface area contributed by atoms with Crippen LogP contribution in [-0.2, 0) is 19.4 Å². The lowest BCUT2D eigenvalue weighted by Crippen LogP contribution is -2.39. The van der Waals surface area contributed by atoms with Gasteiger partial charge in [0.05, 0.1) is 10.6 Å². The molecule has 0 aliphatic carbocycles. The Kier molecular flexibility index (Phi) is 5.05. The van der Waals surface area contributed by atoms with Crippen molar-refractivity contribution in [2.45, 2.75) is 22.6 Å². The summed E-state index contributed by atoms with van der Waals surface area (Å²) in [7, 11) is -3.19. The van der Waals surface area contributed by atoms with E-state index >= 15 is 0 Å². The monoisotopic (exact) mass is 327 g/mol. The predicted octanol–water partition coefficient (Wildman–Crippen LogP) is 1.37. The number of hydrogen-bond acceptors (Lipinski definition) is 5. The Morgan fingerprint density at radius 2 is 1.76 bits per heavy atom. The number of rotatable bonds is 4. The molecule has 1 aliphatic heterocycles. The topological polar surface area (TPSA) is 71.5 Å². The summed E-state index contributed by atoms with van der Waals surface area (Å²) >= 11 is 1.37. The lowest BCUT2D eigenvalue weighted by atomic mass is 10.1. The number of carbonyl (C=O) groups is 2. The highest BCUT2D eigenvalue weighted by molar-refractivity contribution is 8.00. The van der Waals surface area contributed by atoms with Crippen LogP contribution in [0.15, 0.2) is 34.1 Å². The van der Waals surface area contributed by atoms with Crippen molar-refractivity contribution in [2.75, 3.05) is 25.1 Å². The van der Waals surface area contributed by atoms with Gasteiger partial charge in [0.15, 0.2) is 9.84 Å². The number of thioether (sulfide) groups is 1. The summed E-state index contributed by atoms with van der Waals surface area (Å²) in [4.78, 5) is 26.0. The lowest BCUT2D eigenvalue weighted by Gasteiger charge is -2.25. The number of ketones is 1. The van der Waals surface area contributed by atoms with Gasteiger partial charge in [-0.25, -0.2) is 8.42 Å². The zero-order chi connectivity index (χ0) is 15.5. The Balaban J connectivity index is 1.88. The summed E-state index contributed by atoms with van der Waals surface area (Å²) in [6.07, 6.45) is 2.05. The van der Waals surface area contributed by atoms with Crippen LogP contribution in [0.4, 0.5) is 0 Å². The van der Waals surface area contributed by atoms with Gasteiger partial charge in [-0.3, -0.25) is 9.59 Å². The first-order valence-electron chi connectivity index (χ1n) is 6.58. The first kappa shape index (κ1) is 16.0. The van der Waals surface area contributed by atoms with Crippen LogP contribution in [0, 0.1) is 0 Å². The number of Topliss-reactive ketones (excluding diaryl/α,β-unsaturated/α-hetero) is 1. The van der Waals surface area contributed by atoms with Gasteiger partial charge >= 0.3 is 0 Å². The van der Waals surface area contributed by atoms with Gasteiger partial charge < -0.3 is 4.90 Å². The van der Waals surface area contributed by atoms with Crippen molar-refractivity contribution in [3.05, 3.63) is 24.3 Å². The fraction of sp³-hybridized carbons (Fsp3) is 0.429. The molecule has 21 heavy (non-hydrogen) atoms. The van der Waals surface area contributed by atoms with Crippen LogP contribution in [-0.4, -0.2) is 50.1 Å². The molecule has 114 valence electrons. The van der Waals surface area contributed by atoms with E-state index in [0.717, 1.165) is 11.2 Å². The maximum Gasteiger partial charge on any atom is 0.232 e. The van der Waals surface area contributed by atoms with Crippen LogP contribution < -0.4 is 0 Å². The highest BCUT2D eigenvalue weighted by Crippen LogP contribution is 2.21. The van der Waals surface area contributed by atoms with E-state index in [9.17, 15) is 18.0 Å². The highest BCUT2D eigenvalue weighted by atomic mass is 32.2. The molecule has 0 spiro atoms. The second kappa shape index (κ2) is 6.62. The molecule has 0 saturated carbocycles. The molecule has 0 aromatic heterocycles. The Morgan fingerprint density at radius 3 is 2.29 bits per heavy atom. The standard InChI is InChI=1S/C14H17NO4S2/c1-21(18,19)13-4-2-12(3-5-13)20-10-14(17)15-8-6-11(16)7-9-15/h2-5H,6-10H2,1H3. The van der Waals surface area contributed by atoms with Crippen molar-refractivity contribution in [3.63, 3.8) is 0 Å². The first-order chi connectivity index (χ1) is 9.86. The second-order valence-corrected chi connectivity index (χ2v) is 8.02. The summed E-state index contributed by atoms with van der Waals surface area (Å²) in [5.41, 5.74) is 0. The van der Waals surface area contributed by atoms with Crippen LogP contribution in [0.5, 0.6) is 0 Å². The summed E-state index contributed by atoms with van der Waals surface area (Å²) in [5.74, 6) is 0.523. The van der Waals surface area contributed by atoms with Crippen molar-refractivity contribution in [1.82, 2.24) is 4.90 Å². The lowest BCUT2D eigenvalue weighted by molar-refractivity contribution is -0.132. The molecule has 0 unspecified atom stereocenters. The SMILES string of the molecule is CS(=O)(=O)c1ccc(SCC(=O)N2CCC(=O)CC2)cc1. The minimum atomic E-state index is -3.19. The van der Waals surface area contributed by atoms with E-state index in [-0.39, 0.29) is 16.6 Å². The molecule has 7 heteroatoms. The van der Waals surface area contributed by atoms with Crippen molar-refractivity contribution < 1.29 is 18.0 Å². The van der Waals surface area contributed by atoms with E-state index in [1.165, 1.54) is 11.8 Å². The van der Waals surface area contributed by atoms with Gasteiger partial charge in [0.2, 0.25) is 5.91 Å². The molecule has 1 aliphatic rings. The number of likely N-dealkylation sites (tertiary alicyclic amines) is 1. The van der Waals surface area contributed by atoms with Crippen LogP contribution in [0.2, 0.25) is 0 Å². The van der Waals surface area contributed by atoms with E-state index in [4.69, 9.17) is 0 Å². The molecule has 1 fully saturated rings. The zero-order valence-corrected chi connectivity index (χ0v) is 13.4. The number of amides is 1. The third kappa shape index (κ3) is 4.57. The van der Waals surface area contributed by atoms with E-state index < -0.39 is 9.84 Å². The predicted molar refractivity (Wildman–Crippen MR) is 81.1 cm³/mol. The summed E-state index contributed by atoms with van der Waals surface area (Å²) in [5, 5.41) is 0. The zero-order valence-electron chi connectivity index (χ0n) is 11.7. The highest BCUT2D eigenvalue weighted by Gasteiger charge is 2.20. The molecule has 5 nitrogen and oxygen atoms in total. The minimum Gasteiger partial charge on any atom is -0.341 e. The summed E-state index contributed by atoms with van der Waals surface area (Å²) in [6.45, 7) is 1.01. The second-order valence-electron chi connectivity index (χ2n) is 4.95. The van der Waals surface area contributed by atoms with Crippen molar-refractivity contribution in [3.8, 4) is 0 Å². The van der Waals surface area contributed by atoms with Crippen molar-refractivity contribution >= 4 is 33.3 Å². The Labute approximate surface area is 128 Å². The molecular formula is C14H17NO4S2.